The van der Waals surface area contributed by atoms with Gasteiger partial charge in [-0.3, -0.25) is 9.59 Å². The lowest BCUT2D eigenvalue weighted by Gasteiger charge is -2.12. The Kier molecular flexibility index (Phi) is 8.85. The summed E-state index contributed by atoms with van der Waals surface area (Å²) in [6.45, 7) is 1.82. The molecule has 0 saturated carbocycles. The van der Waals surface area contributed by atoms with Gasteiger partial charge in [0.05, 0.1) is 18.8 Å². The van der Waals surface area contributed by atoms with Crippen LogP contribution in [-0.4, -0.2) is 43.8 Å². The van der Waals surface area contributed by atoms with Gasteiger partial charge in [0, 0.05) is 6.54 Å². The number of ether oxygens (including phenoxy) is 2. The molecule has 0 aliphatic carbocycles. The monoisotopic (exact) mass is 412 g/mol. The molecule has 30 heavy (non-hydrogen) atoms. The number of nitrogens with one attached hydrogen (secondary N) is 2. The molecule has 9 nitrogen and oxygen atoms in total. The Labute approximate surface area is 173 Å². The second-order valence-corrected chi connectivity index (χ2v) is 5.99. The maximum atomic E-state index is 11.8. The molecule has 0 heterocycles. The molecule has 0 saturated heterocycles. The summed E-state index contributed by atoms with van der Waals surface area (Å²) in [5.41, 5.74) is 3.74. The lowest BCUT2D eigenvalue weighted by atomic mass is 10.1. The first-order valence-electron chi connectivity index (χ1n) is 9.24. The van der Waals surface area contributed by atoms with Crippen molar-refractivity contribution >= 4 is 24.0 Å². The zero-order chi connectivity index (χ0) is 21.8. The summed E-state index contributed by atoms with van der Waals surface area (Å²) >= 11 is 0. The van der Waals surface area contributed by atoms with Crippen molar-refractivity contribution in [3.63, 3.8) is 0 Å². The van der Waals surface area contributed by atoms with Crippen molar-refractivity contribution in [2.24, 2.45) is 5.10 Å². The zero-order valence-electron chi connectivity index (χ0n) is 16.4. The van der Waals surface area contributed by atoms with E-state index < -0.39 is 24.4 Å². The number of carbonyl (C=O) groups excluding carboxylic acids is 3. The first kappa shape index (κ1) is 22.4. The molecule has 0 aromatic heterocycles. The van der Waals surface area contributed by atoms with Crippen LogP contribution in [0.2, 0.25) is 0 Å². The topological polar surface area (TPSA) is 129 Å². The van der Waals surface area contributed by atoms with Crippen molar-refractivity contribution in [3.8, 4) is 11.5 Å². The Balaban J connectivity index is 1.85. The number of hydrazone groups is 1. The second kappa shape index (κ2) is 11.8. The minimum Gasteiger partial charge on any atom is -0.546 e. The summed E-state index contributed by atoms with van der Waals surface area (Å²) in [4.78, 5) is 34.1. The highest BCUT2D eigenvalue weighted by Gasteiger charge is 2.11. The number of hydrogen-bond donors (Lipinski definition) is 2. The van der Waals surface area contributed by atoms with Crippen LogP contribution in [0.5, 0.6) is 11.5 Å². The highest BCUT2D eigenvalue weighted by atomic mass is 16.5. The number of amides is 2. The molecule has 0 radical (unpaired) electrons. The third kappa shape index (κ3) is 7.63. The van der Waals surface area contributed by atoms with Gasteiger partial charge in [-0.2, -0.15) is 5.10 Å². The predicted molar refractivity (Wildman–Crippen MR) is 107 cm³/mol. The average Bonchev–Trinajstić information content (AvgIpc) is 2.74. The zero-order valence-corrected chi connectivity index (χ0v) is 16.4. The van der Waals surface area contributed by atoms with Gasteiger partial charge in [-0.1, -0.05) is 30.3 Å². The Morgan fingerprint density at radius 1 is 1.03 bits per heavy atom. The second-order valence-electron chi connectivity index (χ2n) is 5.99. The normalized spacial score (nSPS) is 10.4. The molecule has 0 fully saturated rings. The van der Waals surface area contributed by atoms with Crippen LogP contribution in [0.15, 0.2) is 53.6 Å². The summed E-state index contributed by atoms with van der Waals surface area (Å²) in [6.07, 6.45) is 1.93. The number of aliphatic carboxylic acids is 1. The Bertz CT molecular complexity index is 899. The van der Waals surface area contributed by atoms with Gasteiger partial charge in [0.15, 0.2) is 11.5 Å². The van der Waals surface area contributed by atoms with E-state index in [0.29, 0.717) is 30.9 Å². The highest BCUT2D eigenvalue weighted by Crippen LogP contribution is 2.27. The summed E-state index contributed by atoms with van der Waals surface area (Å²) in [7, 11) is 0. The van der Waals surface area contributed by atoms with Crippen molar-refractivity contribution in [1.29, 1.82) is 0 Å². The number of nitrogens with zero attached hydrogens (tertiary/aromatic N) is 1. The molecular weight excluding hydrogens is 390 g/mol. The molecule has 9 heteroatoms. The number of carboxylic acid groups (broad SMARTS) is 1. The fourth-order valence-corrected chi connectivity index (χ4v) is 2.39. The van der Waals surface area contributed by atoms with Crippen LogP contribution in [0.4, 0.5) is 0 Å². The summed E-state index contributed by atoms with van der Waals surface area (Å²) in [5.74, 6) is -2.48. The van der Waals surface area contributed by atoms with Crippen LogP contribution < -0.4 is 25.3 Å². The summed E-state index contributed by atoms with van der Waals surface area (Å²) < 4.78 is 10.5. The third-order valence-corrected chi connectivity index (χ3v) is 3.74. The van der Waals surface area contributed by atoms with Crippen LogP contribution in [0.25, 0.3) is 0 Å². The predicted octanol–water partition coefficient (Wildman–Crippen LogP) is 0.0230. The average molecular weight is 412 g/mol. The first-order valence-corrected chi connectivity index (χ1v) is 9.24. The van der Waals surface area contributed by atoms with Crippen molar-refractivity contribution in [2.75, 3.05) is 19.8 Å². The number of carboxylic acids is 1. The third-order valence-electron chi connectivity index (χ3n) is 3.74. The summed E-state index contributed by atoms with van der Waals surface area (Å²) in [6, 6.07) is 14.2. The van der Waals surface area contributed by atoms with E-state index in [9.17, 15) is 19.5 Å². The Hall–Kier alpha value is -3.88. The number of benzene rings is 2. The lowest BCUT2D eigenvalue weighted by molar-refractivity contribution is -0.307. The molecule has 158 valence electrons. The van der Waals surface area contributed by atoms with E-state index in [1.807, 2.05) is 30.3 Å². The van der Waals surface area contributed by atoms with Crippen LogP contribution in [0.1, 0.15) is 18.1 Å². The van der Waals surface area contributed by atoms with Crippen molar-refractivity contribution < 1.29 is 29.0 Å². The van der Waals surface area contributed by atoms with Gasteiger partial charge in [-0.25, -0.2) is 5.43 Å². The van der Waals surface area contributed by atoms with E-state index in [0.717, 1.165) is 5.56 Å². The molecule has 0 spiro atoms. The molecule has 2 N–H and O–H groups in total. The van der Waals surface area contributed by atoms with Crippen molar-refractivity contribution in [3.05, 3.63) is 59.7 Å². The van der Waals surface area contributed by atoms with Crippen molar-refractivity contribution in [1.82, 2.24) is 10.7 Å². The quantitative estimate of drug-likeness (QED) is 0.322. The van der Waals surface area contributed by atoms with E-state index in [1.165, 1.54) is 12.3 Å². The van der Waals surface area contributed by atoms with E-state index in [2.05, 4.69) is 15.8 Å². The van der Waals surface area contributed by atoms with Gasteiger partial charge in [-0.05, 0) is 42.7 Å². The fraction of sp³-hybridized carbons (Fsp3) is 0.238. The van der Waals surface area contributed by atoms with Gasteiger partial charge in [0.1, 0.15) is 6.61 Å². The molecule has 2 aromatic carbocycles. The van der Waals surface area contributed by atoms with Gasteiger partial charge in [0.2, 0.25) is 0 Å². The maximum absolute atomic E-state index is 11.8. The van der Waals surface area contributed by atoms with Crippen LogP contribution >= 0.6 is 0 Å². The van der Waals surface area contributed by atoms with Crippen LogP contribution in [0, 0.1) is 0 Å². The SMILES string of the molecule is CCOc1cc(/C=N\NC(=O)C(=O)NCCc2ccccc2)ccc1OCC(=O)[O-]. The van der Waals surface area contributed by atoms with Crippen LogP contribution in [0.3, 0.4) is 0 Å². The number of rotatable bonds is 10. The molecule has 0 unspecified atom stereocenters. The first-order chi connectivity index (χ1) is 14.5. The molecule has 2 rings (SSSR count). The van der Waals surface area contributed by atoms with E-state index >= 15 is 0 Å². The van der Waals surface area contributed by atoms with E-state index in [-0.39, 0.29) is 5.75 Å². The molecule has 0 atom stereocenters. The van der Waals surface area contributed by atoms with Gasteiger partial charge in [-0.15, -0.1) is 0 Å². The Morgan fingerprint density at radius 3 is 2.50 bits per heavy atom. The molecule has 0 aliphatic heterocycles. The van der Waals surface area contributed by atoms with Gasteiger partial charge >= 0.3 is 11.8 Å². The van der Waals surface area contributed by atoms with E-state index in [4.69, 9.17) is 9.47 Å². The molecule has 2 aromatic rings. The molecule has 0 bridgehead atoms. The minimum absolute atomic E-state index is 0.236. The van der Waals surface area contributed by atoms with Gasteiger partial charge < -0.3 is 24.7 Å². The molecule has 2 amide bonds. The van der Waals surface area contributed by atoms with Crippen LogP contribution in [-0.2, 0) is 20.8 Å². The maximum Gasteiger partial charge on any atom is 0.329 e. The molecule has 0 aliphatic rings. The summed E-state index contributed by atoms with van der Waals surface area (Å²) in [5, 5.41) is 16.8. The standard InChI is InChI=1S/C21H23N3O6/c1-2-29-18-12-16(8-9-17(18)30-14-19(25)26)13-23-24-21(28)20(27)22-11-10-15-6-4-3-5-7-15/h3-9,12-13H,2,10-11,14H2,1H3,(H,22,27)(H,24,28)(H,25,26)/p-1/b23-13-. The smallest absolute Gasteiger partial charge is 0.329 e. The number of hydrogen-bond acceptors (Lipinski definition) is 7. The number of carbonyl (C=O) groups is 3. The lowest BCUT2D eigenvalue weighted by Crippen LogP contribution is -2.38. The molecular formula is C21H22N3O6-. The van der Waals surface area contributed by atoms with E-state index in [1.54, 1.807) is 19.1 Å². The van der Waals surface area contributed by atoms with Gasteiger partial charge in [0.25, 0.3) is 0 Å². The highest BCUT2D eigenvalue weighted by molar-refractivity contribution is 6.35. The Morgan fingerprint density at radius 2 is 1.80 bits per heavy atom. The minimum atomic E-state index is -1.35. The largest absolute Gasteiger partial charge is 0.546 e. The fourth-order valence-electron chi connectivity index (χ4n) is 2.39. The van der Waals surface area contributed by atoms with Crippen molar-refractivity contribution in [2.45, 2.75) is 13.3 Å².